The maximum atomic E-state index is 12.4. The van der Waals surface area contributed by atoms with Gasteiger partial charge in [-0.1, -0.05) is 15.9 Å². The van der Waals surface area contributed by atoms with Crippen LogP contribution in [0, 0.1) is 0 Å². The van der Waals surface area contributed by atoms with E-state index in [1.807, 2.05) is 0 Å². The van der Waals surface area contributed by atoms with Crippen LogP contribution >= 0.6 is 15.9 Å². The summed E-state index contributed by atoms with van der Waals surface area (Å²) in [6.07, 6.45) is 0.277. The number of rotatable bonds is 6. The molecule has 0 bridgehead atoms. The Bertz CT molecular complexity index is 511. The Hall–Kier alpha value is -1.25. The highest BCUT2D eigenvalue weighted by Gasteiger charge is 2.17. The molecule has 1 aromatic rings. The molecule has 8 heteroatoms. The summed E-state index contributed by atoms with van der Waals surface area (Å²) in [4.78, 5) is 11.9. The number of alkyl halides is 2. The number of carbonyl (C=O) groups is 1. The molecule has 1 unspecified atom stereocenters. The predicted octanol–water partition coefficient (Wildman–Crippen LogP) is 2.05. The first kappa shape index (κ1) is 17.1. The van der Waals surface area contributed by atoms with Crippen molar-refractivity contribution in [2.24, 2.45) is 0 Å². The van der Waals surface area contributed by atoms with Crippen molar-refractivity contribution in [2.45, 2.75) is 25.6 Å². The van der Waals surface area contributed by atoms with Crippen LogP contribution in [0.3, 0.4) is 0 Å². The molecule has 1 saturated heterocycles. The number of ether oxygens (including phenoxy) is 2. The summed E-state index contributed by atoms with van der Waals surface area (Å²) in [5, 5.41) is 5.88. The predicted molar refractivity (Wildman–Crippen MR) is 79.8 cm³/mol. The molecular weight excluding hydrogens is 362 g/mol. The summed E-state index contributed by atoms with van der Waals surface area (Å²) in [5.74, 6) is -0.122. The minimum atomic E-state index is -2.90. The molecule has 22 heavy (non-hydrogen) atoms. The zero-order valence-corrected chi connectivity index (χ0v) is 13.4. The molecule has 0 aliphatic carbocycles. The lowest BCUT2D eigenvalue weighted by Crippen LogP contribution is -2.44. The molecule has 1 aliphatic heterocycles. The standard InChI is InChI=1S/C14H17BrF2N2O3/c15-10-1-2-12(22-14(16)17)9(5-10)7-19-13(20)6-11-8-21-4-3-18-11/h1-2,5,11,14,18H,3-4,6-8H2,(H,19,20). The van der Waals surface area contributed by atoms with E-state index in [0.717, 1.165) is 11.0 Å². The van der Waals surface area contributed by atoms with Gasteiger partial charge in [0, 0.05) is 35.6 Å². The lowest BCUT2D eigenvalue weighted by molar-refractivity contribution is -0.122. The maximum Gasteiger partial charge on any atom is 0.387 e. The highest BCUT2D eigenvalue weighted by Crippen LogP contribution is 2.24. The van der Waals surface area contributed by atoms with Gasteiger partial charge in [0.05, 0.1) is 13.2 Å². The molecule has 5 nitrogen and oxygen atoms in total. The first-order chi connectivity index (χ1) is 10.5. The smallest absolute Gasteiger partial charge is 0.387 e. The fourth-order valence-electron chi connectivity index (χ4n) is 2.14. The second kappa shape index (κ2) is 8.40. The zero-order chi connectivity index (χ0) is 15.9. The van der Waals surface area contributed by atoms with Crippen molar-refractivity contribution in [1.82, 2.24) is 10.6 Å². The number of morpholine rings is 1. The van der Waals surface area contributed by atoms with Crippen molar-refractivity contribution in [1.29, 1.82) is 0 Å². The Morgan fingerprint density at radius 1 is 1.55 bits per heavy atom. The number of carbonyl (C=O) groups excluding carboxylic acids is 1. The zero-order valence-electron chi connectivity index (χ0n) is 11.8. The van der Waals surface area contributed by atoms with Gasteiger partial charge in [0.2, 0.25) is 5.91 Å². The largest absolute Gasteiger partial charge is 0.434 e. The second-order valence-corrected chi connectivity index (χ2v) is 5.75. The van der Waals surface area contributed by atoms with Crippen molar-refractivity contribution in [3.05, 3.63) is 28.2 Å². The third kappa shape index (κ3) is 5.51. The summed E-state index contributed by atoms with van der Waals surface area (Å²) in [7, 11) is 0. The molecule has 1 heterocycles. The van der Waals surface area contributed by atoms with Gasteiger partial charge in [0.15, 0.2) is 0 Å². The Kier molecular flexibility index (Phi) is 6.53. The fraction of sp³-hybridized carbons (Fsp3) is 0.500. The average Bonchev–Trinajstić information content (AvgIpc) is 2.48. The van der Waals surface area contributed by atoms with E-state index in [2.05, 4.69) is 31.3 Å². The third-order valence-electron chi connectivity index (χ3n) is 3.14. The Morgan fingerprint density at radius 2 is 2.36 bits per heavy atom. The van der Waals surface area contributed by atoms with Crippen LogP contribution in [0.25, 0.3) is 0 Å². The van der Waals surface area contributed by atoms with Crippen molar-refractivity contribution >= 4 is 21.8 Å². The van der Waals surface area contributed by atoms with Gasteiger partial charge in [-0.25, -0.2) is 0 Å². The number of hydrogen-bond acceptors (Lipinski definition) is 4. The Labute approximate surface area is 135 Å². The molecule has 0 radical (unpaired) electrons. The van der Waals surface area contributed by atoms with Gasteiger partial charge in [-0.3, -0.25) is 4.79 Å². The van der Waals surface area contributed by atoms with Gasteiger partial charge in [0.1, 0.15) is 5.75 Å². The van der Waals surface area contributed by atoms with Crippen LogP contribution in [-0.4, -0.2) is 38.3 Å². The van der Waals surface area contributed by atoms with E-state index in [1.54, 1.807) is 12.1 Å². The summed E-state index contributed by atoms with van der Waals surface area (Å²) in [5.41, 5.74) is 0.482. The molecule has 0 aromatic heterocycles. The molecule has 1 amide bonds. The number of amides is 1. The molecule has 0 spiro atoms. The van der Waals surface area contributed by atoms with Gasteiger partial charge in [-0.2, -0.15) is 8.78 Å². The van der Waals surface area contributed by atoms with Crippen LogP contribution < -0.4 is 15.4 Å². The summed E-state index contributed by atoms with van der Waals surface area (Å²) >= 11 is 3.27. The quantitative estimate of drug-likeness (QED) is 0.795. The van der Waals surface area contributed by atoms with E-state index in [9.17, 15) is 13.6 Å². The minimum Gasteiger partial charge on any atom is -0.434 e. The van der Waals surface area contributed by atoms with Crippen LogP contribution in [0.15, 0.2) is 22.7 Å². The third-order valence-corrected chi connectivity index (χ3v) is 3.64. The highest BCUT2D eigenvalue weighted by atomic mass is 79.9. The van der Waals surface area contributed by atoms with E-state index in [1.165, 1.54) is 6.07 Å². The maximum absolute atomic E-state index is 12.4. The molecular formula is C14H17BrF2N2O3. The molecule has 2 N–H and O–H groups in total. The number of hydrogen-bond donors (Lipinski definition) is 2. The molecule has 1 aromatic carbocycles. The fourth-order valence-corrected chi connectivity index (χ4v) is 2.55. The van der Waals surface area contributed by atoms with Gasteiger partial charge >= 0.3 is 6.61 Å². The van der Waals surface area contributed by atoms with Crippen molar-refractivity contribution in [3.63, 3.8) is 0 Å². The van der Waals surface area contributed by atoms with E-state index in [0.29, 0.717) is 18.8 Å². The Balaban J connectivity index is 1.89. The van der Waals surface area contributed by atoms with Crippen LogP contribution in [0.1, 0.15) is 12.0 Å². The highest BCUT2D eigenvalue weighted by molar-refractivity contribution is 9.10. The van der Waals surface area contributed by atoms with E-state index in [4.69, 9.17) is 4.74 Å². The lowest BCUT2D eigenvalue weighted by atomic mass is 10.1. The van der Waals surface area contributed by atoms with E-state index >= 15 is 0 Å². The average molecular weight is 379 g/mol. The van der Waals surface area contributed by atoms with Crippen LogP contribution in [0.2, 0.25) is 0 Å². The van der Waals surface area contributed by atoms with Gasteiger partial charge < -0.3 is 20.1 Å². The number of benzene rings is 1. The van der Waals surface area contributed by atoms with Crippen LogP contribution in [0.5, 0.6) is 5.75 Å². The van der Waals surface area contributed by atoms with Gasteiger partial charge in [-0.15, -0.1) is 0 Å². The number of nitrogens with one attached hydrogen (secondary N) is 2. The molecule has 1 aliphatic rings. The van der Waals surface area contributed by atoms with E-state index in [-0.39, 0.29) is 30.7 Å². The normalized spacial score (nSPS) is 18.3. The molecule has 1 fully saturated rings. The first-order valence-electron chi connectivity index (χ1n) is 6.85. The van der Waals surface area contributed by atoms with Crippen molar-refractivity contribution in [2.75, 3.05) is 19.8 Å². The van der Waals surface area contributed by atoms with Crippen molar-refractivity contribution in [3.8, 4) is 5.75 Å². The van der Waals surface area contributed by atoms with Crippen molar-refractivity contribution < 1.29 is 23.0 Å². The topological polar surface area (TPSA) is 59.6 Å². The molecule has 0 saturated carbocycles. The minimum absolute atomic E-state index is 0.0203. The second-order valence-electron chi connectivity index (χ2n) is 4.84. The van der Waals surface area contributed by atoms with Gasteiger partial charge in [-0.05, 0) is 18.2 Å². The summed E-state index contributed by atoms with van der Waals surface area (Å²) < 4.78 is 35.2. The summed E-state index contributed by atoms with van der Waals surface area (Å²) in [6, 6.07) is 4.66. The first-order valence-corrected chi connectivity index (χ1v) is 7.65. The SMILES string of the molecule is O=C(CC1COCCN1)NCc1cc(Br)ccc1OC(F)F. The molecule has 1 atom stereocenters. The number of halogens is 3. The van der Waals surface area contributed by atoms with E-state index < -0.39 is 6.61 Å². The Morgan fingerprint density at radius 3 is 3.05 bits per heavy atom. The van der Waals surface area contributed by atoms with Crippen LogP contribution in [0.4, 0.5) is 8.78 Å². The van der Waals surface area contributed by atoms with Crippen LogP contribution in [-0.2, 0) is 16.1 Å². The lowest BCUT2D eigenvalue weighted by Gasteiger charge is -2.23. The monoisotopic (exact) mass is 378 g/mol. The molecule has 122 valence electrons. The molecule has 2 rings (SSSR count). The summed E-state index contributed by atoms with van der Waals surface area (Å²) in [6.45, 7) is -0.933. The van der Waals surface area contributed by atoms with Gasteiger partial charge in [0.25, 0.3) is 0 Å².